The van der Waals surface area contributed by atoms with Crippen molar-refractivity contribution >= 4 is 68.5 Å². The highest BCUT2D eigenvalue weighted by atomic mass is 35.5. The second-order valence-electron chi connectivity index (χ2n) is 9.36. The first-order chi connectivity index (χ1) is 19.1. The van der Waals surface area contributed by atoms with Crippen LogP contribution >= 0.6 is 34.8 Å². The zero-order valence-electron chi connectivity index (χ0n) is 21.3. The Hall–Kier alpha value is -3.91. The molecule has 5 rings (SSSR count). The van der Waals surface area contributed by atoms with Crippen LogP contribution in [-0.2, 0) is 18.3 Å². The van der Waals surface area contributed by atoms with Gasteiger partial charge in [0.25, 0.3) is 11.5 Å². The Kier molecular flexibility index (Phi) is 7.55. The van der Waals surface area contributed by atoms with Crippen molar-refractivity contribution in [1.29, 1.82) is 0 Å². The first-order valence-electron chi connectivity index (χ1n) is 12.2. The van der Waals surface area contributed by atoms with E-state index >= 15 is 0 Å². The Morgan fingerprint density at radius 2 is 1.73 bits per heavy atom. The number of halogens is 3. The number of aryl methyl sites for hydroxylation is 2. The van der Waals surface area contributed by atoms with Gasteiger partial charge < -0.3 is 15.0 Å². The molecule has 0 fully saturated rings. The maximum absolute atomic E-state index is 13.6. The van der Waals surface area contributed by atoms with Crippen LogP contribution in [0.15, 0.2) is 71.7 Å². The fourth-order valence-electron chi connectivity index (χ4n) is 4.97. The molecule has 0 saturated carbocycles. The molecule has 202 valence electrons. The Labute approximate surface area is 243 Å². The van der Waals surface area contributed by atoms with Crippen molar-refractivity contribution in [2.24, 2.45) is 7.05 Å². The zero-order valence-corrected chi connectivity index (χ0v) is 23.6. The molecule has 7 nitrogen and oxygen atoms in total. The highest BCUT2D eigenvalue weighted by Crippen LogP contribution is 2.34. The molecule has 2 aromatic heterocycles. The Bertz CT molecular complexity index is 1880. The molecule has 0 aliphatic carbocycles. The molecule has 0 saturated heterocycles. The molecule has 40 heavy (non-hydrogen) atoms. The van der Waals surface area contributed by atoms with Crippen molar-refractivity contribution < 1.29 is 14.7 Å². The van der Waals surface area contributed by atoms with E-state index in [0.717, 1.165) is 16.5 Å². The van der Waals surface area contributed by atoms with Crippen LogP contribution in [0.5, 0.6) is 0 Å². The second kappa shape index (κ2) is 10.9. The smallest absolute Gasteiger partial charge is 0.326 e. The maximum atomic E-state index is 13.6. The molecule has 1 atom stereocenters. The summed E-state index contributed by atoms with van der Waals surface area (Å²) in [4.78, 5) is 43.2. The van der Waals surface area contributed by atoms with Gasteiger partial charge in [0.2, 0.25) is 0 Å². The standard InChI is InChI=1S/C30H22Cl3N3O4/c1-15-20-14-17(31)9-11-24(20)36(2)29(38)25(15)18-10-8-16(27-19(18)5-4-12-34-27)13-23(30(39)40)35-28(37)26-21(32)6-3-7-22(26)33/h3-12,14,23H,13H2,1-2H3,(H,35,37)(H,39,40). The van der Waals surface area contributed by atoms with Crippen LogP contribution in [0.25, 0.3) is 32.9 Å². The number of rotatable bonds is 6. The van der Waals surface area contributed by atoms with Crippen LogP contribution in [0.3, 0.4) is 0 Å². The number of hydrogen-bond acceptors (Lipinski definition) is 4. The number of carbonyl (C=O) groups excluding carboxylic acids is 1. The third-order valence-electron chi connectivity index (χ3n) is 6.96. The summed E-state index contributed by atoms with van der Waals surface area (Å²) in [6, 6.07) is 15.8. The third-order valence-corrected chi connectivity index (χ3v) is 7.82. The monoisotopic (exact) mass is 593 g/mol. The number of nitrogens with zero attached hydrogens (tertiary/aromatic N) is 2. The Balaban J connectivity index is 1.60. The van der Waals surface area contributed by atoms with Crippen molar-refractivity contribution in [3.05, 3.63) is 109 Å². The number of amides is 1. The Morgan fingerprint density at radius 1 is 1.00 bits per heavy atom. The quantitative estimate of drug-likeness (QED) is 0.235. The van der Waals surface area contributed by atoms with Gasteiger partial charge in [0.15, 0.2) is 0 Å². The molecule has 1 amide bonds. The van der Waals surface area contributed by atoms with E-state index < -0.39 is 17.9 Å². The third kappa shape index (κ3) is 4.92. The molecule has 0 aliphatic rings. The van der Waals surface area contributed by atoms with Gasteiger partial charge in [-0.3, -0.25) is 14.6 Å². The average molecular weight is 595 g/mol. The molecule has 0 spiro atoms. The van der Waals surface area contributed by atoms with Crippen molar-refractivity contribution in [1.82, 2.24) is 14.9 Å². The molecule has 2 heterocycles. The number of nitrogens with one attached hydrogen (secondary N) is 1. The summed E-state index contributed by atoms with van der Waals surface area (Å²) in [5, 5.41) is 14.8. The number of carboxylic acid groups (broad SMARTS) is 1. The average Bonchev–Trinajstić information content (AvgIpc) is 2.92. The number of fused-ring (bicyclic) bond motifs is 2. The lowest BCUT2D eigenvalue weighted by molar-refractivity contribution is -0.139. The van der Waals surface area contributed by atoms with Gasteiger partial charge in [0.05, 0.1) is 32.2 Å². The number of aliphatic carboxylic acids is 1. The predicted molar refractivity (Wildman–Crippen MR) is 159 cm³/mol. The minimum absolute atomic E-state index is 0.00172. The van der Waals surface area contributed by atoms with Crippen LogP contribution in [0.1, 0.15) is 21.5 Å². The predicted octanol–water partition coefficient (Wildman–Crippen LogP) is 6.45. The number of carbonyl (C=O) groups is 2. The second-order valence-corrected chi connectivity index (χ2v) is 10.6. The van der Waals surface area contributed by atoms with Crippen molar-refractivity contribution in [2.45, 2.75) is 19.4 Å². The van der Waals surface area contributed by atoms with Gasteiger partial charge in [-0.15, -0.1) is 0 Å². The summed E-state index contributed by atoms with van der Waals surface area (Å²) in [7, 11) is 1.71. The van der Waals surface area contributed by atoms with Gasteiger partial charge in [-0.1, -0.05) is 59.1 Å². The molecule has 1 unspecified atom stereocenters. The van der Waals surface area contributed by atoms with Crippen molar-refractivity contribution in [3.8, 4) is 11.1 Å². The topological polar surface area (TPSA) is 101 Å². The van der Waals surface area contributed by atoms with Gasteiger partial charge in [-0.25, -0.2) is 4.79 Å². The van der Waals surface area contributed by atoms with Crippen molar-refractivity contribution in [2.75, 3.05) is 0 Å². The number of pyridine rings is 2. The molecule has 10 heteroatoms. The van der Waals surface area contributed by atoms with Crippen LogP contribution < -0.4 is 10.9 Å². The molecular weight excluding hydrogens is 573 g/mol. The minimum Gasteiger partial charge on any atom is -0.480 e. The van der Waals surface area contributed by atoms with Crippen LogP contribution in [0.2, 0.25) is 15.1 Å². The molecule has 0 radical (unpaired) electrons. The fourth-order valence-corrected chi connectivity index (χ4v) is 5.71. The molecule has 5 aromatic rings. The molecular formula is C30H22Cl3N3O4. The number of hydrogen-bond donors (Lipinski definition) is 2. The van der Waals surface area contributed by atoms with E-state index in [4.69, 9.17) is 34.8 Å². The SMILES string of the molecule is Cc1c(-c2ccc(CC(NC(=O)c3c(Cl)cccc3Cl)C(=O)O)c3ncccc23)c(=O)n(C)c2ccc(Cl)cc12. The lowest BCUT2D eigenvalue weighted by atomic mass is 9.92. The summed E-state index contributed by atoms with van der Waals surface area (Å²) in [5.41, 5.74) is 3.60. The molecule has 0 aliphatic heterocycles. The largest absolute Gasteiger partial charge is 0.480 e. The van der Waals surface area contributed by atoms with Crippen LogP contribution in [-0.4, -0.2) is 32.6 Å². The van der Waals surface area contributed by atoms with E-state index in [-0.39, 0.29) is 27.6 Å². The van der Waals surface area contributed by atoms with Gasteiger partial charge in [0.1, 0.15) is 6.04 Å². The van der Waals surface area contributed by atoms with Crippen molar-refractivity contribution in [3.63, 3.8) is 0 Å². The van der Waals surface area contributed by atoms with E-state index in [0.29, 0.717) is 32.6 Å². The molecule has 0 bridgehead atoms. The van der Waals surface area contributed by atoms with Gasteiger partial charge in [0, 0.05) is 35.5 Å². The van der Waals surface area contributed by atoms with E-state index in [1.165, 1.54) is 12.1 Å². The van der Waals surface area contributed by atoms with Gasteiger partial charge in [-0.05, 0) is 60.0 Å². The lowest BCUT2D eigenvalue weighted by Crippen LogP contribution is -2.42. The first kappa shape index (κ1) is 27.6. The number of carboxylic acids is 1. The Morgan fingerprint density at radius 3 is 2.42 bits per heavy atom. The summed E-state index contributed by atoms with van der Waals surface area (Å²) < 4.78 is 1.58. The number of benzene rings is 3. The summed E-state index contributed by atoms with van der Waals surface area (Å²) in [6.07, 6.45) is 1.53. The zero-order chi connectivity index (χ0) is 28.7. The highest BCUT2D eigenvalue weighted by molar-refractivity contribution is 6.39. The summed E-state index contributed by atoms with van der Waals surface area (Å²) in [5.74, 6) is -1.94. The first-order valence-corrected chi connectivity index (χ1v) is 13.4. The van der Waals surface area contributed by atoms with Gasteiger partial charge >= 0.3 is 5.97 Å². The highest BCUT2D eigenvalue weighted by Gasteiger charge is 2.26. The van der Waals surface area contributed by atoms with Crippen LogP contribution in [0, 0.1) is 6.92 Å². The van der Waals surface area contributed by atoms with E-state index in [2.05, 4.69) is 10.3 Å². The van der Waals surface area contributed by atoms with Gasteiger partial charge in [-0.2, -0.15) is 0 Å². The van der Waals surface area contributed by atoms with E-state index in [9.17, 15) is 19.5 Å². The van der Waals surface area contributed by atoms with E-state index in [1.807, 2.05) is 25.1 Å². The summed E-state index contributed by atoms with van der Waals surface area (Å²) >= 11 is 18.6. The van der Waals surface area contributed by atoms with E-state index in [1.54, 1.807) is 48.1 Å². The molecule has 3 aromatic carbocycles. The fraction of sp³-hybridized carbons (Fsp3) is 0.133. The number of aromatic nitrogens is 2. The lowest BCUT2D eigenvalue weighted by Gasteiger charge is -2.18. The summed E-state index contributed by atoms with van der Waals surface area (Å²) in [6.45, 7) is 1.88. The van der Waals surface area contributed by atoms with Crippen LogP contribution in [0.4, 0.5) is 0 Å². The molecule has 2 N–H and O–H groups in total. The maximum Gasteiger partial charge on any atom is 0.326 e. The normalized spacial score (nSPS) is 12.0. The minimum atomic E-state index is -1.30.